The van der Waals surface area contributed by atoms with Crippen molar-refractivity contribution < 1.29 is 18.4 Å². The van der Waals surface area contributed by atoms with E-state index in [-0.39, 0.29) is 17.9 Å². The number of H-pyrrole nitrogens is 1. The molecule has 1 aliphatic rings. The molecule has 3 N–H and O–H groups in total. The number of aromatic nitrogens is 2. The number of anilines is 1. The first-order valence-electron chi connectivity index (χ1n) is 9.70. The van der Waals surface area contributed by atoms with Gasteiger partial charge in [-0.15, -0.1) is 0 Å². The summed E-state index contributed by atoms with van der Waals surface area (Å²) in [4.78, 5) is 25.0. The van der Waals surface area contributed by atoms with Crippen LogP contribution in [0.4, 0.5) is 14.5 Å². The van der Waals surface area contributed by atoms with Crippen LogP contribution in [0.5, 0.6) is 0 Å². The minimum absolute atomic E-state index is 0.0606. The lowest BCUT2D eigenvalue weighted by Gasteiger charge is -2.24. The SMILES string of the molecule is Cc1cc(-c2cc(NC(=O)C3=CNC(=O)C[C@H]3c3ccc(F)cc3)c(C)cc2F)n[nH]1. The van der Waals surface area contributed by atoms with Crippen molar-refractivity contribution in [2.75, 3.05) is 5.32 Å². The standard InChI is InChI=1S/C23H20F2N4O2/c1-12-7-19(25)17(21-8-13(2)28-29-21)9-20(12)27-23(31)18-11-26-22(30)10-16(18)14-3-5-15(24)6-4-14/h3-9,11,16H,10H2,1-2H3,(H,26,30)(H,27,31)(H,28,29)/t16-/m0/s1. The number of hydrogen-bond donors (Lipinski definition) is 3. The molecular weight excluding hydrogens is 402 g/mol. The molecule has 1 aliphatic heterocycles. The van der Waals surface area contributed by atoms with Crippen molar-refractivity contribution in [2.24, 2.45) is 0 Å². The van der Waals surface area contributed by atoms with Crippen LogP contribution in [-0.4, -0.2) is 22.0 Å². The summed E-state index contributed by atoms with van der Waals surface area (Å²) >= 11 is 0. The van der Waals surface area contributed by atoms with E-state index in [0.29, 0.717) is 28.1 Å². The highest BCUT2D eigenvalue weighted by Crippen LogP contribution is 2.33. The second kappa shape index (κ2) is 8.14. The summed E-state index contributed by atoms with van der Waals surface area (Å²) in [5.74, 6) is -2.05. The van der Waals surface area contributed by atoms with Crippen molar-refractivity contribution in [3.8, 4) is 11.3 Å². The van der Waals surface area contributed by atoms with Crippen molar-refractivity contribution >= 4 is 17.5 Å². The number of hydrogen-bond acceptors (Lipinski definition) is 3. The second-order valence-electron chi connectivity index (χ2n) is 7.51. The van der Waals surface area contributed by atoms with E-state index in [4.69, 9.17) is 0 Å². The number of benzene rings is 2. The predicted octanol–water partition coefficient (Wildman–Crippen LogP) is 4.10. The third-order valence-corrected chi connectivity index (χ3v) is 5.23. The average molecular weight is 422 g/mol. The highest BCUT2D eigenvalue weighted by atomic mass is 19.1. The van der Waals surface area contributed by atoms with Crippen LogP contribution < -0.4 is 10.6 Å². The Kier molecular flexibility index (Phi) is 5.37. The zero-order valence-corrected chi connectivity index (χ0v) is 16.9. The Hall–Kier alpha value is -3.81. The van der Waals surface area contributed by atoms with Gasteiger partial charge in [0.2, 0.25) is 5.91 Å². The molecule has 0 fully saturated rings. The largest absolute Gasteiger partial charge is 0.332 e. The molecule has 158 valence electrons. The molecule has 0 bridgehead atoms. The molecule has 3 aromatic rings. The Morgan fingerprint density at radius 2 is 1.87 bits per heavy atom. The maximum atomic E-state index is 14.5. The summed E-state index contributed by atoms with van der Waals surface area (Å²) in [5, 5.41) is 12.2. The lowest BCUT2D eigenvalue weighted by Crippen LogP contribution is -2.32. The number of carbonyl (C=O) groups is 2. The third-order valence-electron chi connectivity index (χ3n) is 5.23. The molecule has 2 aromatic carbocycles. The summed E-state index contributed by atoms with van der Waals surface area (Å²) in [7, 11) is 0. The third kappa shape index (κ3) is 4.23. The Morgan fingerprint density at radius 1 is 1.13 bits per heavy atom. The molecule has 0 spiro atoms. The van der Waals surface area contributed by atoms with Crippen LogP contribution >= 0.6 is 0 Å². The molecule has 0 radical (unpaired) electrons. The van der Waals surface area contributed by atoms with Crippen molar-refractivity contribution in [3.63, 3.8) is 0 Å². The van der Waals surface area contributed by atoms with E-state index in [1.165, 1.54) is 30.5 Å². The molecule has 0 saturated carbocycles. The normalized spacial score (nSPS) is 15.9. The molecule has 2 amide bonds. The lowest BCUT2D eigenvalue weighted by molar-refractivity contribution is -0.121. The van der Waals surface area contributed by atoms with E-state index >= 15 is 0 Å². The number of aromatic amines is 1. The molecule has 6 nitrogen and oxygen atoms in total. The quantitative estimate of drug-likeness (QED) is 0.592. The molecule has 4 rings (SSSR count). The van der Waals surface area contributed by atoms with E-state index in [9.17, 15) is 18.4 Å². The monoisotopic (exact) mass is 422 g/mol. The number of nitrogens with zero attached hydrogens (tertiary/aromatic N) is 1. The van der Waals surface area contributed by atoms with Gasteiger partial charge >= 0.3 is 0 Å². The van der Waals surface area contributed by atoms with E-state index in [1.54, 1.807) is 25.1 Å². The predicted molar refractivity (Wildman–Crippen MR) is 112 cm³/mol. The summed E-state index contributed by atoms with van der Waals surface area (Å²) in [6, 6.07) is 10.3. The first-order chi connectivity index (χ1) is 14.8. The van der Waals surface area contributed by atoms with Gasteiger partial charge in [0.05, 0.1) is 5.69 Å². The molecule has 31 heavy (non-hydrogen) atoms. The summed E-state index contributed by atoms with van der Waals surface area (Å²) in [5.41, 5.74) is 3.42. The highest BCUT2D eigenvalue weighted by molar-refractivity contribution is 6.07. The van der Waals surface area contributed by atoms with Gasteiger partial charge in [-0.1, -0.05) is 12.1 Å². The van der Waals surface area contributed by atoms with Gasteiger partial charge in [0, 0.05) is 41.1 Å². The minimum atomic E-state index is -0.524. The smallest absolute Gasteiger partial charge is 0.253 e. The fraction of sp³-hybridized carbons (Fsp3) is 0.174. The fourth-order valence-corrected chi connectivity index (χ4v) is 3.58. The molecule has 0 aliphatic carbocycles. The Bertz CT molecular complexity index is 1200. The van der Waals surface area contributed by atoms with Gasteiger partial charge in [0.15, 0.2) is 0 Å². The molecule has 1 atom stereocenters. The number of aryl methyl sites for hydroxylation is 2. The molecule has 1 aromatic heterocycles. The van der Waals surface area contributed by atoms with E-state index < -0.39 is 23.5 Å². The Balaban J connectivity index is 1.65. The Morgan fingerprint density at radius 3 is 2.55 bits per heavy atom. The summed E-state index contributed by atoms with van der Waals surface area (Å²) < 4.78 is 27.8. The highest BCUT2D eigenvalue weighted by Gasteiger charge is 2.29. The molecule has 0 saturated heterocycles. The number of rotatable bonds is 4. The number of carbonyl (C=O) groups excluding carboxylic acids is 2. The topological polar surface area (TPSA) is 86.9 Å². The van der Waals surface area contributed by atoms with Gasteiger partial charge in [0.25, 0.3) is 5.91 Å². The van der Waals surface area contributed by atoms with Crippen LogP contribution in [0.15, 0.2) is 54.2 Å². The van der Waals surface area contributed by atoms with E-state index in [0.717, 1.165) is 5.69 Å². The van der Waals surface area contributed by atoms with Gasteiger partial charge in [0.1, 0.15) is 11.6 Å². The van der Waals surface area contributed by atoms with Crippen LogP contribution in [0.25, 0.3) is 11.3 Å². The van der Waals surface area contributed by atoms with Gasteiger partial charge in [-0.2, -0.15) is 5.10 Å². The molecule has 8 heteroatoms. The van der Waals surface area contributed by atoms with Gasteiger partial charge < -0.3 is 10.6 Å². The zero-order valence-electron chi connectivity index (χ0n) is 16.9. The average Bonchev–Trinajstić information content (AvgIpc) is 3.16. The first-order valence-corrected chi connectivity index (χ1v) is 9.70. The van der Waals surface area contributed by atoms with Crippen molar-refractivity contribution in [2.45, 2.75) is 26.2 Å². The van der Waals surface area contributed by atoms with Crippen molar-refractivity contribution in [1.29, 1.82) is 0 Å². The number of halogens is 2. The summed E-state index contributed by atoms with van der Waals surface area (Å²) in [6.07, 6.45) is 1.43. The van der Waals surface area contributed by atoms with E-state index in [1.807, 2.05) is 6.92 Å². The number of nitrogens with one attached hydrogen (secondary N) is 3. The van der Waals surface area contributed by atoms with Crippen LogP contribution in [0, 0.1) is 25.5 Å². The lowest BCUT2D eigenvalue weighted by atomic mass is 9.86. The van der Waals surface area contributed by atoms with Crippen LogP contribution in [0.1, 0.15) is 29.2 Å². The van der Waals surface area contributed by atoms with Crippen molar-refractivity contribution in [1.82, 2.24) is 15.5 Å². The van der Waals surface area contributed by atoms with Crippen LogP contribution in [0.2, 0.25) is 0 Å². The van der Waals surface area contributed by atoms with Gasteiger partial charge in [-0.3, -0.25) is 14.7 Å². The van der Waals surface area contributed by atoms with Gasteiger partial charge in [-0.05, 0) is 55.3 Å². The summed E-state index contributed by atoms with van der Waals surface area (Å²) in [6.45, 7) is 3.50. The Labute approximate surface area is 177 Å². The van der Waals surface area contributed by atoms with Crippen LogP contribution in [-0.2, 0) is 9.59 Å². The molecule has 2 heterocycles. The first kappa shape index (κ1) is 20.5. The van der Waals surface area contributed by atoms with Crippen molar-refractivity contribution in [3.05, 3.63) is 82.7 Å². The second-order valence-corrected chi connectivity index (χ2v) is 7.51. The van der Waals surface area contributed by atoms with Gasteiger partial charge in [-0.25, -0.2) is 8.78 Å². The van der Waals surface area contributed by atoms with Crippen LogP contribution in [0.3, 0.4) is 0 Å². The number of amides is 2. The fourth-order valence-electron chi connectivity index (χ4n) is 3.58. The molecular formula is C23H20F2N4O2. The molecule has 0 unspecified atom stereocenters. The maximum absolute atomic E-state index is 14.5. The minimum Gasteiger partial charge on any atom is -0.332 e. The zero-order chi connectivity index (χ0) is 22.1. The van der Waals surface area contributed by atoms with E-state index in [2.05, 4.69) is 20.8 Å². The maximum Gasteiger partial charge on any atom is 0.253 e.